The van der Waals surface area contributed by atoms with Gasteiger partial charge in [0, 0.05) is 6.04 Å². The third-order valence-electron chi connectivity index (χ3n) is 3.89. The van der Waals surface area contributed by atoms with Crippen LogP contribution in [0.15, 0.2) is 24.3 Å². The molecular weight excluding hydrogens is 218 g/mol. The van der Waals surface area contributed by atoms with E-state index in [0.717, 1.165) is 6.54 Å². The van der Waals surface area contributed by atoms with Gasteiger partial charge in [0.15, 0.2) is 0 Å². The van der Waals surface area contributed by atoms with E-state index in [1.54, 1.807) is 11.1 Å². The molecule has 1 unspecified atom stereocenters. The molecule has 1 heteroatoms. The molecule has 1 N–H and O–H groups in total. The second kappa shape index (κ2) is 5.88. The third-order valence-corrected chi connectivity index (χ3v) is 3.89. The van der Waals surface area contributed by atoms with Crippen molar-refractivity contribution in [3.63, 3.8) is 0 Å². The van der Waals surface area contributed by atoms with Gasteiger partial charge in [0.2, 0.25) is 0 Å². The van der Waals surface area contributed by atoms with E-state index in [-0.39, 0.29) is 0 Å². The van der Waals surface area contributed by atoms with Gasteiger partial charge < -0.3 is 5.32 Å². The monoisotopic (exact) mass is 245 g/mol. The predicted octanol–water partition coefficient (Wildman–Crippen LogP) is 4.48. The fraction of sp³-hybridized carbons (Fsp3) is 0.647. The van der Waals surface area contributed by atoms with Crippen LogP contribution < -0.4 is 5.32 Å². The molecular formula is C17H27N. The van der Waals surface area contributed by atoms with E-state index >= 15 is 0 Å². The van der Waals surface area contributed by atoms with E-state index in [1.807, 2.05) is 0 Å². The highest BCUT2D eigenvalue weighted by Gasteiger charge is 2.18. The first-order chi connectivity index (χ1) is 8.56. The molecule has 0 saturated carbocycles. The lowest BCUT2D eigenvalue weighted by molar-refractivity contribution is 0.350. The van der Waals surface area contributed by atoms with Crippen molar-refractivity contribution in [2.45, 2.75) is 58.9 Å². The number of benzene rings is 1. The molecule has 0 bridgehead atoms. The van der Waals surface area contributed by atoms with E-state index in [9.17, 15) is 0 Å². The van der Waals surface area contributed by atoms with Crippen LogP contribution in [0.3, 0.4) is 0 Å². The van der Waals surface area contributed by atoms with Crippen LogP contribution in [0.4, 0.5) is 0 Å². The SMILES string of the molecule is CC(C)(C)CCNC1CCCCc2ccccc21. The molecule has 0 aromatic heterocycles. The van der Waals surface area contributed by atoms with Crippen molar-refractivity contribution in [1.29, 1.82) is 0 Å². The molecule has 0 spiro atoms. The van der Waals surface area contributed by atoms with Gasteiger partial charge in [0.1, 0.15) is 0 Å². The molecule has 1 aliphatic carbocycles. The number of hydrogen-bond acceptors (Lipinski definition) is 1. The second-order valence-corrected chi connectivity index (χ2v) is 6.76. The molecule has 1 atom stereocenters. The highest BCUT2D eigenvalue weighted by Crippen LogP contribution is 2.29. The summed E-state index contributed by atoms with van der Waals surface area (Å²) >= 11 is 0. The zero-order valence-electron chi connectivity index (χ0n) is 12.1. The normalized spacial score (nSPS) is 20.3. The van der Waals surface area contributed by atoms with Gasteiger partial charge in [-0.15, -0.1) is 0 Å². The van der Waals surface area contributed by atoms with E-state index in [4.69, 9.17) is 0 Å². The van der Waals surface area contributed by atoms with Crippen molar-refractivity contribution in [3.05, 3.63) is 35.4 Å². The van der Waals surface area contributed by atoms with Crippen molar-refractivity contribution in [2.75, 3.05) is 6.54 Å². The Labute approximate surface area is 112 Å². The number of rotatable bonds is 3. The van der Waals surface area contributed by atoms with Gasteiger partial charge in [-0.1, -0.05) is 51.5 Å². The van der Waals surface area contributed by atoms with Crippen LogP contribution in [-0.4, -0.2) is 6.54 Å². The number of aryl methyl sites for hydroxylation is 1. The zero-order valence-corrected chi connectivity index (χ0v) is 12.1. The summed E-state index contributed by atoms with van der Waals surface area (Å²) in [4.78, 5) is 0. The van der Waals surface area contributed by atoms with Gasteiger partial charge in [-0.3, -0.25) is 0 Å². The Morgan fingerprint density at radius 3 is 2.72 bits per heavy atom. The van der Waals surface area contributed by atoms with Gasteiger partial charge in [0.25, 0.3) is 0 Å². The van der Waals surface area contributed by atoms with Gasteiger partial charge >= 0.3 is 0 Å². The van der Waals surface area contributed by atoms with Crippen LogP contribution in [0.2, 0.25) is 0 Å². The molecule has 0 radical (unpaired) electrons. The topological polar surface area (TPSA) is 12.0 Å². The minimum Gasteiger partial charge on any atom is -0.310 e. The highest BCUT2D eigenvalue weighted by molar-refractivity contribution is 5.31. The molecule has 1 aromatic carbocycles. The first-order valence-corrected chi connectivity index (χ1v) is 7.37. The average molecular weight is 245 g/mol. The van der Waals surface area contributed by atoms with Crippen molar-refractivity contribution in [3.8, 4) is 0 Å². The van der Waals surface area contributed by atoms with Crippen molar-refractivity contribution < 1.29 is 0 Å². The van der Waals surface area contributed by atoms with E-state index < -0.39 is 0 Å². The predicted molar refractivity (Wildman–Crippen MR) is 78.8 cm³/mol. The highest BCUT2D eigenvalue weighted by atomic mass is 14.9. The number of nitrogens with one attached hydrogen (secondary N) is 1. The van der Waals surface area contributed by atoms with Gasteiger partial charge in [-0.2, -0.15) is 0 Å². The lowest BCUT2D eigenvalue weighted by atomic mass is 9.92. The molecule has 0 saturated heterocycles. The molecule has 0 fully saturated rings. The smallest absolute Gasteiger partial charge is 0.0322 e. The fourth-order valence-corrected chi connectivity index (χ4v) is 2.75. The van der Waals surface area contributed by atoms with E-state index in [2.05, 4.69) is 50.4 Å². The molecule has 1 nitrogen and oxygen atoms in total. The molecule has 100 valence electrons. The lowest BCUT2D eigenvalue weighted by Gasteiger charge is -2.23. The Bertz CT molecular complexity index is 375. The third kappa shape index (κ3) is 3.84. The van der Waals surface area contributed by atoms with Gasteiger partial charge in [0.05, 0.1) is 0 Å². The average Bonchev–Trinajstić information content (AvgIpc) is 2.51. The fourth-order valence-electron chi connectivity index (χ4n) is 2.75. The molecule has 0 aliphatic heterocycles. The van der Waals surface area contributed by atoms with Crippen LogP contribution in [0, 0.1) is 5.41 Å². The Morgan fingerprint density at radius 1 is 1.17 bits per heavy atom. The Kier molecular flexibility index (Phi) is 4.45. The maximum absolute atomic E-state index is 3.77. The molecule has 1 aliphatic rings. The van der Waals surface area contributed by atoms with Crippen LogP contribution in [0.5, 0.6) is 0 Å². The molecule has 1 aromatic rings. The first-order valence-electron chi connectivity index (χ1n) is 7.37. The molecule has 2 rings (SSSR count). The van der Waals surface area contributed by atoms with E-state index in [1.165, 1.54) is 32.1 Å². The summed E-state index contributed by atoms with van der Waals surface area (Å²) in [6.07, 6.45) is 6.48. The summed E-state index contributed by atoms with van der Waals surface area (Å²) in [7, 11) is 0. The van der Waals surface area contributed by atoms with Crippen molar-refractivity contribution in [2.24, 2.45) is 5.41 Å². The first kappa shape index (κ1) is 13.6. The molecule has 0 heterocycles. The summed E-state index contributed by atoms with van der Waals surface area (Å²) in [6.45, 7) is 8.07. The van der Waals surface area contributed by atoms with E-state index in [0.29, 0.717) is 11.5 Å². The van der Waals surface area contributed by atoms with Crippen LogP contribution in [-0.2, 0) is 6.42 Å². The van der Waals surface area contributed by atoms with Gasteiger partial charge in [-0.25, -0.2) is 0 Å². The second-order valence-electron chi connectivity index (χ2n) is 6.76. The lowest BCUT2D eigenvalue weighted by Crippen LogP contribution is -2.25. The maximum Gasteiger partial charge on any atom is 0.0322 e. The van der Waals surface area contributed by atoms with Crippen molar-refractivity contribution >= 4 is 0 Å². The molecule has 0 amide bonds. The minimum absolute atomic E-state index is 0.428. The van der Waals surface area contributed by atoms with Crippen LogP contribution in [0.1, 0.15) is 63.6 Å². The maximum atomic E-state index is 3.77. The zero-order chi connectivity index (χ0) is 13.0. The minimum atomic E-state index is 0.428. The Balaban J connectivity index is 2.00. The van der Waals surface area contributed by atoms with Crippen LogP contribution in [0.25, 0.3) is 0 Å². The Morgan fingerprint density at radius 2 is 1.94 bits per heavy atom. The summed E-state index contributed by atoms with van der Waals surface area (Å²) < 4.78 is 0. The largest absolute Gasteiger partial charge is 0.310 e. The standard InChI is InChI=1S/C17H27N/c1-17(2,3)12-13-18-16-11-7-5-9-14-8-4-6-10-15(14)16/h4,6,8,10,16,18H,5,7,9,11-13H2,1-3H3. The summed E-state index contributed by atoms with van der Waals surface area (Å²) in [5, 5.41) is 3.77. The van der Waals surface area contributed by atoms with Crippen LogP contribution >= 0.6 is 0 Å². The van der Waals surface area contributed by atoms with Gasteiger partial charge in [-0.05, 0) is 48.8 Å². The molecule has 18 heavy (non-hydrogen) atoms. The summed E-state index contributed by atoms with van der Waals surface area (Å²) in [5.41, 5.74) is 3.53. The summed E-state index contributed by atoms with van der Waals surface area (Å²) in [6, 6.07) is 9.55. The number of hydrogen-bond donors (Lipinski definition) is 1. The number of fused-ring (bicyclic) bond motifs is 1. The van der Waals surface area contributed by atoms with Crippen molar-refractivity contribution in [1.82, 2.24) is 5.32 Å². The Hall–Kier alpha value is -0.820. The quantitative estimate of drug-likeness (QED) is 0.774. The summed E-state index contributed by atoms with van der Waals surface area (Å²) in [5.74, 6) is 0.